The summed E-state index contributed by atoms with van der Waals surface area (Å²) >= 11 is 0. The lowest BCUT2D eigenvalue weighted by molar-refractivity contribution is -0.135. The number of carbonyl (C=O) groups excluding carboxylic acids is 2. The number of allylic oxidation sites excluding steroid dienone is 1. The third-order valence-electron chi connectivity index (χ3n) is 5.75. The molecule has 3 aliphatic heterocycles. The van der Waals surface area contributed by atoms with E-state index in [4.69, 9.17) is 18.9 Å². The van der Waals surface area contributed by atoms with Crippen LogP contribution in [0, 0.1) is 0 Å². The number of phenols is 1. The van der Waals surface area contributed by atoms with Gasteiger partial charge in [0.2, 0.25) is 12.6 Å². The first-order valence-electron chi connectivity index (χ1n) is 10.1. The van der Waals surface area contributed by atoms with Gasteiger partial charge in [0.15, 0.2) is 17.3 Å². The number of aromatic hydroxyl groups is 1. The van der Waals surface area contributed by atoms with Crippen LogP contribution in [0.3, 0.4) is 0 Å². The van der Waals surface area contributed by atoms with Gasteiger partial charge in [0.25, 0.3) is 0 Å². The molecule has 1 atom stereocenters. The van der Waals surface area contributed by atoms with E-state index in [1.807, 2.05) is 12.1 Å². The van der Waals surface area contributed by atoms with Gasteiger partial charge >= 0.3 is 5.97 Å². The first kappa shape index (κ1) is 18.5. The number of fused-ring (bicyclic) bond motifs is 4. The van der Waals surface area contributed by atoms with Crippen molar-refractivity contribution < 1.29 is 33.6 Å². The number of esters is 1. The van der Waals surface area contributed by atoms with Gasteiger partial charge < -0.3 is 24.1 Å². The minimum atomic E-state index is -0.411. The molecule has 0 unspecified atom stereocenters. The van der Waals surface area contributed by atoms with E-state index >= 15 is 0 Å². The summed E-state index contributed by atoms with van der Waals surface area (Å²) in [6.45, 7) is 0.164. The first-order chi connectivity index (χ1) is 15.6. The number of ketones is 1. The van der Waals surface area contributed by atoms with E-state index in [-0.39, 0.29) is 36.5 Å². The molecule has 3 aromatic carbocycles. The van der Waals surface area contributed by atoms with Crippen LogP contribution in [0.2, 0.25) is 0 Å². The summed E-state index contributed by atoms with van der Waals surface area (Å²) in [6, 6.07) is 15.3. The number of benzene rings is 3. The van der Waals surface area contributed by atoms with Crippen molar-refractivity contribution in [3.05, 3.63) is 82.6 Å². The summed E-state index contributed by atoms with van der Waals surface area (Å²) in [5.74, 6) is 1.19. The third kappa shape index (κ3) is 2.90. The highest BCUT2D eigenvalue weighted by Crippen LogP contribution is 2.49. The lowest BCUT2D eigenvalue weighted by atomic mass is 9.84. The van der Waals surface area contributed by atoms with Crippen molar-refractivity contribution in [2.45, 2.75) is 12.3 Å². The molecule has 7 heteroatoms. The monoisotopic (exact) mass is 428 g/mol. The Balaban J connectivity index is 1.43. The molecule has 1 N–H and O–H groups in total. The zero-order chi connectivity index (χ0) is 21.8. The Bertz CT molecular complexity index is 1340. The second-order valence-electron chi connectivity index (χ2n) is 7.73. The Labute approximate surface area is 182 Å². The van der Waals surface area contributed by atoms with E-state index < -0.39 is 5.92 Å². The molecule has 3 heterocycles. The molecule has 0 saturated heterocycles. The fourth-order valence-electron chi connectivity index (χ4n) is 4.29. The lowest BCUT2D eigenvalue weighted by Crippen LogP contribution is -2.21. The Hall–Kier alpha value is -4.26. The summed E-state index contributed by atoms with van der Waals surface area (Å²) in [7, 11) is 0. The molecule has 158 valence electrons. The number of hydrogen-bond donors (Lipinski definition) is 1. The Kier molecular flexibility index (Phi) is 3.98. The topological polar surface area (TPSA) is 91.3 Å². The van der Waals surface area contributed by atoms with E-state index in [0.717, 1.165) is 11.1 Å². The largest absolute Gasteiger partial charge is 0.508 e. The first-order valence-corrected chi connectivity index (χ1v) is 10.1. The minimum absolute atomic E-state index is 0.0751. The van der Waals surface area contributed by atoms with Crippen molar-refractivity contribution in [2.24, 2.45) is 0 Å². The quantitative estimate of drug-likeness (QED) is 0.372. The minimum Gasteiger partial charge on any atom is -0.508 e. The van der Waals surface area contributed by atoms with Crippen LogP contribution in [0.25, 0.3) is 6.08 Å². The van der Waals surface area contributed by atoms with Gasteiger partial charge in [-0.2, -0.15) is 0 Å². The molecule has 0 fully saturated rings. The second-order valence-corrected chi connectivity index (χ2v) is 7.73. The van der Waals surface area contributed by atoms with Crippen molar-refractivity contribution in [1.82, 2.24) is 0 Å². The predicted molar refractivity (Wildman–Crippen MR) is 112 cm³/mol. The van der Waals surface area contributed by atoms with Crippen LogP contribution in [0.5, 0.6) is 28.7 Å². The van der Waals surface area contributed by atoms with Crippen molar-refractivity contribution in [3.8, 4) is 28.7 Å². The van der Waals surface area contributed by atoms with Gasteiger partial charge in [-0.25, -0.2) is 0 Å². The number of hydrogen-bond acceptors (Lipinski definition) is 7. The van der Waals surface area contributed by atoms with Crippen LogP contribution >= 0.6 is 0 Å². The molecule has 0 bridgehead atoms. The zero-order valence-electron chi connectivity index (χ0n) is 16.7. The Morgan fingerprint density at radius 1 is 0.906 bits per heavy atom. The molecule has 32 heavy (non-hydrogen) atoms. The summed E-state index contributed by atoms with van der Waals surface area (Å²) in [5.41, 5.74) is 2.49. The maximum atomic E-state index is 13.1. The summed E-state index contributed by atoms with van der Waals surface area (Å²) < 4.78 is 22.2. The standard InChI is InChI=1S/C25H16O7/c26-15-3-1-2-14(10-15)17-11-22(27)31-19-7-5-16-24(28)21(32-25(16)23(17)19)9-13-4-6-18-20(8-13)30-12-29-18/h1-10,17,26H,11-12H2/b21-9-/t17-/m1/s1. The van der Waals surface area contributed by atoms with E-state index in [1.165, 1.54) is 0 Å². The van der Waals surface area contributed by atoms with Crippen LogP contribution in [-0.2, 0) is 4.79 Å². The number of ether oxygens (including phenoxy) is 4. The second kappa shape index (κ2) is 6.88. The van der Waals surface area contributed by atoms with Crippen LogP contribution in [0.15, 0.2) is 60.4 Å². The van der Waals surface area contributed by atoms with E-state index in [1.54, 1.807) is 48.5 Å². The van der Waals surface area contributed by atoms with Gasteiger partial charge in [0, 0.05) is 11.5 Å². The van der Waals surface area contributed by atoms with E-state index in [0.29, 0.717) is 34.1 Å². The van der Waals surface area contributed by atoms with Crippen LogP contribution in [0.4, 0.5) is 0 Å². The van der Waals surface area contributed by atoms with Gasteiger partial charge in [-0.1, -0.05) is 18.2 Å². The highest BCUT2D eigenvalue weighted by atomic mass is 16.7. The molecule has 0 saturated carbocycles. The Morgan fingerprint density at radius 3 is 2.62 bits per heavy atom. The van der Waals surface area contributed by atoms with Crippen LogP contribution in [0.1, 0.15) is 39.4 Å². The highest BCUT2D eigenvalue weighted by Gasteiger charge is 2.38. The molecule has 0 radical (unpaired) electrons. The molecule has 0 aliphatic carbocycles. The molecular weight excluding hydrogens is 412 g/mol. The SMILES string of the molecule is O=C1C[C@H](c2cccc(O)c2)c2c(ccc3c2O/C(=C\c2ccc4c(c2)OCO4)C3=O)O1. The van der Waals surface area contributed by atoms with E-state index in [2.05, 4.69) is 0 Å². The fourth-order valence-corrected chi connectivity index (χ4v) is 4.29. The average Bonchev–Trinajstić information content (AvgIpc) is 3.37. The van der Waals surface area contributed by atoms with Gasteiger partial charge in [0.05, 0.1) is 12.0 Å². The maximum Gasteiger partial charge on any atom is 0.312 e. The molecule has 7 nitrogen and oxygen atoms in total. The molecule has 3 aromatic rings. The van der Waals surface area contributed by atoms with Gasteiger partial charge in [0.1, 0.15) is 17.2 Å². The normalized spacial score (nSPS) is 19.4. The molecule has 6 rings (SSSR count). The van der Waals surface area contributed by atoms with Gasteiger partial charge in [-0.05, 0) is 53.6 Å². The number of phenolic OH excluding ortho intramolecular Hbond substituents is 1. The lowest BCUT2D eigenvalue weighted by Gasteiger charge is -2.26. The highest BCUT2D eigenvalue weighted by molar-refractivity contribution is 6.15. The van der Waals surface area contributed by atoms with Gasteiger partial charge in [-0.3, -0.25) is 9.59 Å². The number of carbonyl (C=O) groups is 2. The fraction of sp³-hybridized carbons (Fsp3) is 0.120. The van der Waals surface area contributed by atoms with Gasteiger partial charge in [-0.15, -0.1) is 0 Å². The van der Waals surface area contributed by atoms with Crippen molar-refractivity contribution in [3.63, 3.8) is 0 Å². The summed E-state index contributed by atoms with van der Waals surface area (Å²) in [4.78, 5) is 25.3. The van der Waals surface area contributed by atoms with Crippen molar-refractivity contribution in [2.75, 3.05) is 6.79 Å². The summed E-state index contributed by atoms with van der Waals surface area (Å²) in [5, 5.41) is 9.94. The maximum absolute atomic E-state index is 13.1. The molecule has 0 spiro atoms. The third-order valence-corrected chi connectivity index (χ3v) is 5.75. The molecule has 3 aliphatic rings. The van der Waals surface area contributed by atoms with Crippen LogP contribution < -0.4 is 18.9 Å². The molecule has 0 amide bonds. The Morgan fingerprint density at radius 2 is 1.75 bits per heavy atom. The van der Waals surface area contributed by atoms with Crippen molar-refractivity contribution in [1.29, 1.82) is 0 Å². The number of rotatable bonds is 2. The average molecular weight is 428 g/mol. The predicted octanol–water partition coefficient (Wildman–Crippen LogP) is 4.18. The zero-order valence-corrected chi connectivity index (χ0v) is 16.7. The van der Waals surface area contributed by atoms with Crippen molar-refractivity contribution >= 4 is 17.8 Å². The van der Waals surface area contributed by atoms with E-state index in [9.17, 15) is 14.7 Å². The molecule has 0 aromatic heterocycles. The summed E-state index contributed by atoms with van der Waals surface area (Å²) in [6.07, 6.45) is 1.72. The number of Topliss-reactive ketones (excluding diaryl/α,β-unsaturated/α-hetero) is 1. The van der Waals surface area contributed by atoms with Crippen LogP contribution in [-0.4, -0.2) is 23.7 Å². The smallest absolute Gasteiger partial charge is 0.312 e. The molecular formula is C25H16O7.